The van der Waals surface area contributed by atoms with Crippen molar-refractivity contribution in [3.05, 3.63) is 0 Å². The molecule has 112 valence electrons. The molecule has 1 fully saturated rings. The van der Waals surface area contributed by atoms with E-state index in [0.717, 1.165) is 51.9 Å². The van der Waals surface area contributed by atoms with E-state index in [1.165, 1.54) is 12.8 Å². The first kappa shape index (κ1) is 16.4. The number of piperidine rings is 1. The molecular weight excluding hydrogens is 240 g/mol. The van der Waals surface area contributed by atoms with Crippen molar-refractivity contribution in [1.82, 2.24) is 10.2 Å². The summed E-state index contributed by atoms with van der Waals surface area (Å²) in [6.45, 7) is 6.03. The number of hydrogen-bond acceptors (Lipinski definition) is 3. The van der Waals surface area contributed by atoms with Crippen molar-refractivity contribution in [2.75, 3.05) is 33.3 Å². The summed E-state index contributed by atoms with van der Waals surface area (Å²) in [5.41, 5.74) is 0. The fraction of sp³-hybridized carbons (Fsp3) is 0.933. The smallest absolute Gasteiger partial charge is 0.219 e. The van der Waals surface area contributed by atoms with Crippen molar-refractivity contribution in [3.8, 4) is 0 Å². The first-order valence-electron chi connectivity index (χ1n) is 7.79. The predicted molar refractivity (Wildman–Crippen MR) is 78.2 cm³/mol. The van der Waals surface area contributed by atoms with Crippen LogP contribution in [-0.4, -0.2) is 50.2 Å². The third-order valence-electron chi connectivity index (χ3n) is 3.64. The molecule has 0 bridgehead atoms. The summed E-state index contributed by atoms with van der Waals surface area (Å²) in [5.74, 6) is 0.185. The lowest BCUT2D eigenvalue weighted by Gasteiger charge is -2.28. The van der Waals surface area contributed by atoms with Crippen molar-refractivity contribution >= 4 is 5.91 Å². The summed E-state index contributed by atoms with van der Waals surface area (Å²) < 4.78 is 5.88. The van der Waals surface area contributed by atoms with Gasteiger partial charge in [-0.3, -0.25) is 4.79 Å². The zero-order valence-corrected chi connectivity index (χ0v) is 12.6. The number of carbonyl (C=O) groups excluding carboxylic acids is 1. The van der Waals surface area contributed by atoms with Crippen LogP contribution >= 0.6 is 0 Å². The summed E-state index contributed by atoms with van der Waals surface area (Å²) in [6, 6.07) is 0. The molecular formula is C15H30N2O2. The summed E-state index contributed by atoms with van der Waals surface area (Å²) in [5, 5.41) is 2.94. The Morgan fingerprint density at radius 2 is 2.00 bits per heavy atom. The van der Waals surface area contributed by atoms with E-state index < -0.39 is 0 Å². The molecule has 1 amide bonds. The second kappa shape index (κ2) is 10.2. The van der Waals surface area contributed by atoms with Gasteiger partial charge in [0, 0.05) is 32.7 Å². The molecule has 1 aliphatic heterocycles. The minimum atomic E-state index is 0.185. The van der Waals surface area contributed by atoms with Gasteiger partial charge >= 0.3 is 0 Å². The number of carbonyl (C=O) groups is 1. The zero-order valence-electron chi connectivity index (χ0n) is 12.6. The number of amides is 1. The molecule has 1 N–H and O–H groups in total. The number of rotatable bonds is 9. The molecule has 0 spiro atoms. The number of likely N-dealkylation sites (tertiary alicyclic amines) is 1. The molecule has 0 aromatic carbocycles. The maximum Gasteiger partial charge on any atom is 0.219 e. The summed E-state index contributed by atoms with van der Waals surface area (Å²) in [4.78, 5) is 13.6. The SMILES string of the molecule is CCCC(=O)NCCCCCOC1CCN(C)CC1. The Balaban J connectivity index is 1.85. The van der Waals surface area contributed by atoms with Crippen molar-refractivity contribution in [3.63, 3.8) is 0 Å². The topological polar surface area (TPSA) is 41.6 Å². The van der Waals surface area contributed by atoms with Crippen molar-refractivity contribution < 1.29 is 9.53 Å². The van der Waals surface area contributed by atoms with E-state index >= 15 is 0 Å². The molecule has 0 aromatic heterocycles. The molecule has 0 atom stereocenters. The summed E-state index contributed by atoms with van der Waals surface area (Å²) >= 11 is 0. The molecule has 1 heterocycles. The number of unbranched alkanes of at least 4 members (excludes halogenated alkanes) is 2. The Labute approximate surface area is 117 Å². The van der Waals surface area contributed by atoms with Gasteiger partial charge in [-0.05, 0) is 45.6 Å². The first-order valence-corrected chi connectivity index (χ1v) is 7.79. The van der Waals surface area contributed by atoms with Crippen molar-refractivity contribution in [1.29, 1.82) is 0 Å². The highest BCUT2D eigenvalue weighted by molar-refractivity contribution is 5.75. The van der Waals surface area contributed by atoms with E-state index in [-0.39, 0.29) is 5.91 Å². The van der Waals surface area contributed by atoms with Gasteiger partial charge in [-0.15, -0.1) is 0 Å². The van der Waals surface area contributed by atoms with Crippen LogP contribution in [0.3, 0.4) is 0 Å². The number of nitrogens with zero attached hydrogens (tertiary/aromatic N) is 1. The van der Waals surface area contributed by atoms with Crippen LogP contribution in [0.2, 0.25) is 0 Å². The maximum absolute atomic E-state index is 11.2. The van der Waals surface area contributed by atoms with E-state index in [0.29, 0.717) is 12.5 Å². The largest absolute Gasteiger partial charge is 0.378 e. The Morgan fingerprint density at radius 1 is 1.26 bits per heavy atom. The first-order chi connectivity index (χ1) is 9.22. The Morgan fingerprint density at radius 3 is 2.68 bits per heavy atom. The average Bonchev–Trinajstić information content (AvgIpc) is 2.40. The fourth-order valence-corrected chi connectivity index (χ4v) is 2.35. The molecule has 4 nitrogen and oxygen atoms in total. The lowest BCUT2D eigenvalue weighted by molar-refractivity contribution is -0.121. The van der Waals surface area contributed by atoms with Crippen LogP contribution in [0.5, 0.6) is 0 Å². The molecule has 1 rings (SSSR count). The second-order valence-electron chi connectivity index (χ2n) is 5.53. The van der Waals surface area contributed by atoms with Gasteiger partial charge < -0.3 is 15.0 Å². The van der Waals surface area contributed by atoms with Crippen LogP contribution in [-0.2, 0) is 9.53 Å². The molecule has 1 saturated heterocycles. The molecule has 1 aliphatic rings. The monoisotopic (exact) mass is 270 g/mol. The van der Waals surface area contributed by atoms with Crippen LogP contribution < -0.4 is 5.32 Å². The quantitative estimate of drug-likeness (QED) is 0.653. The minimum absolute atomic E-state index is 0.185. The third kappa shape index (κ3) is 8.22. The van der Waals surface area contributed by atoms with E-state index in [2.05, 4.69) is 17.3 Å². The zero-order chi connectivity index (χ0) is 13.9. The standard InChI is InChI=1S/C15H30N2O2/c1-3-7-15(18)16-10-5-4-6-13-19-14-8-11-17(2)12-9-14/h14H,3-13H2,1-2H3,(H,16,18). The lowest BCUT2D eigenvalue weighted by Crippen LogP contribution is -2.34. The van der Waals surface area contributed by atoms with E-state index in [9.17, 15) is 4.79 Å². The van der Waals surface area contributed by atoms with Gasteiger partial charge in [0.1, 0.15) is 0 Å². The summed E-state index contributed by atoms with van der Waals surface area (Å²) in [7, 11) is 2.17. The Hall–Kier alpha value is -0.610. The Bertz CT molecular complexity index is 238. The van der Waals surface area contributed by atoms with E-state index in [1.807, 2.05) is 6.92 Å². The minimum Gasteiger partial charge on any atom is -0.378 e. The predicted octanol–water partition coefficient (Wildman–Crippen LogP) is 2.18. The van der Waals surface area contributed by atoms with Gasteiger partial charge in [-0.1, -0.05) is 6.92 Å². The van der Waals surface area contributed by atoms with Gasteiger partial charge in [0.2, 0.25) is 5.91 Å². The number of nitrogens with one attached hydrogen (secondary N) is 1. The third-order valence-corrected chi connectivity index (χ3v) is 3.64. The highest BCUT2D eigenvalue weighted by Gasteiger charge is 2.16. The molecule has 0 saturated carbocycles. The summed E-state index contributed by atoms with van der Waals surface area (Å²) in [6.07, 6.45) is 7.70. The molecule has 0 radical (unpaired) electrons. The molecule has 19 heavy (non-hydrogen) atoms. The second-order valence-corrected chi connectivity index (χ2v) is 5.53. The van der Waals surface area contributed by atoms with Gasteiger partial charge in [0.15, 0.2) is 0 Å². The van der Waals surface area contributed by atoms with E-state index in [4.69, 9.17) is 4.74 Å². The highest BCUT2D eigenvalue weighted by atomic mass is 16.5. The van der Waals surface area contributed by atoms with Gasteiger partial charge in [0.05, 0.1) is 6.10 Å². The van der Waals surface area contributed by atoms with Crippen molar-refractivity contribution in [2.24, 2.45) is 0 Å². The van der Waals surface area contributed by atoms with Crippen molar-refractivity contribution in [2.45, 2.75) is 58.0 Å². The fourth-order valence-electron chi connectivity index (χ4n) is 2.35. The number of hydrogen-bond donors (Lipinski definition) is 1. The lowest BCUT2D eigenvalue weighted by atomic mass is 10.1. The molecule has 0 aromatic rings. The van der Waals surface area contributed by atoms with E-state index in [1.54, 1.807) is 0 Å². The number of ether oxygens (including phenoxy) is 1. The van der Waals surface area contributed by atoms with Crippen LogP contribution in [0.15, 0.2) is 0 Å². The molecule has 0 unspecified atom stereocenters. The van der Waals surface area contributed by atoms with Gasteiger partial charge in [-0.25, -0.2) is 0 Å². The molecule has 0 aliphatic carbocycles. The highest BCUT2D eigenvalue weighted by Crippen LogP contribution is 2.12. The van der Waals surface area contributed by atoms with Crippen LogP contribution in [0.25, 0.3) is 0 Å². The van der Waals surface area contributed by atoms with Crippen LogP contribution in [0.1, 0.15) is 51.9 Å². The van der Waals surface area contributed by atoms with Crippen LogP contribution in [0.4, 0.5) is 0 Å². The van der Waals surface area contributed by atoms with Gasteiger partial charge in [-0.2, -0.15) is 0 Å². The maximum atomic E-state index is 11.2. The van der Waals surface area contributed by atoms with Crippen LogP contribution in [0, 0.1) is 0 Å². The Kier molecular flexibility index (Phi) is 8.84. The molecule has 4 heteroatoms. The van der Waals surface area contributed by atoms with Gasteiger partial charge in [0.25, 0.3) is 0 Å². The average molecular weight is 270 g/mol. The normalized spacial score (nSPS) is 17.6.